The first kappa shape index (κ1) is 17.2. The number of aromatic amines is 1. The Kier molecular flexibility index (Phi) is 4.28. The van der Waals surface area contributed by atoms with Gasteiger partial charge in [-0.2, -0.15) is 5.21 Å². The highest BCUT2D eigenvalue weighted by atomic mass is 16.1. The number of pyridine rings is 1. The number of allylic oxidation sites excluding steroid dienone is 2. The van der Waals surface area contributed by atoms with Gasteiger partial charge in [-0.05, 0) is 40.5 Å². The Balaban J connectivity index is 1.39. The molecule has 8 heteroatoms. The molecule has 8 nitrogen and oxygen atoms in total. The number of hydrogen-bond acceptors (Lipinski definition) is 6. The molecule has 0 radical (unpaired) electrons. The van der Waals surface area contributed by atoms with E-state index in [2.05, 4.69) is 42.7 Å². The SMILES string of the molecule is O=CC1C(Cn2cnc(-c3cc(-c4nn[nH]n4)ccn3)c2)=CCc2ccccc21. The fraction of sp³-hybridized carbons (Fsp3) is 0.143. The van der Waals surface area contributed by atoms with Crippen molar-refractivity contribution in [3.63, 3.8) is 0 Å². The first-order valence-electron chi connectivity index (χ1n) is 9.26. The fourth-order valence-corrected chi connectivity index (χ4v) is 3.70. The number of benzene rings is 1. The maximum Gasteiger partial charge on any atom is 0.204 e. The lowest BCUT2D eigenvalue weighted by Crippen LogP contribution is -2.15. The molecule has 4 aromatic rings. The third kappa shape index (κ3) is 3.25. The number of H-pyrrole nitrogens is 1. The Morgan fingerprint density at radius 2 is 2.10 bits per heavy atom. The van der Waals surface area contributed by atoms with Gasteiger partial charge in [0, 0.05) is 24.5 Å². The lowest BCUT2D eigenvalue weighted by molar-refractivity contribution is -0.108. The smallest absolute Gasteiger partial charge is 0.204 e. The number of rotatable bonds is 5. The average Bonchev–Trinajstić information content (AvgIpc) is 3.46. The van der Waals surface area contributed by atoms with Crippen LogP contribution in [0, 0.1) is 0 Å². The van der Waals surface area contributed by atoms with Crippen LogP contribution in [0.2, 0.25) is 0 Å². The van der Waals surface area contributed by atoms with E-state index < -0.39 is 0 Å². The van der Waals surface area contributed by atoms with Crippen LogP contribution in [0.1, 0.15) is 17.0 Å². The molecule has 0 bridgehead atoms. The van der Waals surface area contributed by atoms with E-state index >= 15 is 0 Å². The number of aromatic nitrogens is 7. The van der Waals surface area contributed by atoms with Crippen molar-refractivity contribution in [1.82, 2.24) is 35.2 Å². The number of hydrogen-bond donors (Lipinski definition) is 1. The summed E-state index contributed by atoms with van der Waals surface area (Å²) in [7, 11) is 0. The van der Waals surface area contributed by atoms with E-state index in [-0.39, 0.29) is 5.92 Å². The van der Waals surface area contributed by atoms with Crippen molar-refractivity contribution in [2.45, 2.75) is 18.9 Å². The zero-order chi connectivity index (χ0) is 19.6. The van der Waals surface area contributed by atoms with Gasteiger partial charge < -0.3 is 9.36 Å². The molecule has 0 fully saturated rings. The Bertz CT molecular complexity index is 1190. The number of carbonyl (C=O) groups is 1. The fourth-order valence-electron chi connectivity index (χ4n) is 3.70. The summed E-state index contributed by atoms with van der Waals surface area (Å²) < 4.78 is 1.98. The van der Waals surface area contributed by atoms with Crippen LogP contribution in [0.5, 0.6) is 0 Å². The Hall–Kier alpha value is -3.94. The zero-order valence-electron chi connectivity index (χ0n) is 15.4. The summed E-state index contributed by atoms with van der Waals surface area (Å²) in [6.45, 7) is 0.606. The normalized spacial score (nSPS) is 15.6. The van der Waals surface area contributed by atoms with Gasteiger partial charge in [-0.3, -0.25) is 4.98 Å². The Labute approximate surface area is 166 Å². The number of imidazole rings is 1. The molecule has 3 aromatic heterocycles. The van der Waals surface area contributed by atoms with Crippen LogP contribution in [0.4, 0.5) is 0 Å². The van der Waals surface area contributed by atoms with E-state index in [4.69, 9.17) is 0 Å². The summed E-state index contributed by atoms with van der Waals surface area (Å²) in [5.74, 6) is 0.290. The van der Waals surface area contributed by atoms with Crippen LogP contribution in [0.25, 0.3) is 22.8 Å². The number of fused-ring (bicyclic) bond motifs is 1. The first-order chi connectivity index (χ1) is 14.3. The molecule has 1 aliphatic carbocycles. The molecule has 0 amide bonds. The van der Waals surface area contributed by atoms with Crippen LogP contribution in [-0.2, 0) is 17.8 Å². The number of tetrazole rings is 1. The predicted octanol–water partition coefficient (Wildman–Crippen LogP) is 2.59. The van der Waals surface area contributed by atoms with Crippen molar-refractivity contribution in [2.24, 2.45) is 0 Å². The summed E-state index contributed by atoms with van der Waals surface area (Å²) >= 11 is 0. The molecule has 29 heavy (non-hydrogen) atoms. The molecule has 1 unspecified atom stereocenters. The van der Waals surface area contributed by atoms with Crippen molar-refractivity contribution >= 4 is 6.29 Å². The highest BCUT2D eigenvalue weighted by Crippen LogP contribution is 2.32. The standard InChI is InChI=1S/C21H17N7O/c29-12-18-16(6-5-14-3-1-2-4-17(14)18)10-28-11-20(23-13-28)19-9-15(7-8-22-19)21-24-26-27-25-21/h1-4,6-9,11-13,18H,5,10H2,(H,24,25,26,27). The molecular formula is C21H17N7O. The van der Waals surface area contributed by atoms with Gasteiger partial charge in [0.15, 0.2) is 0 Å². The van der Waals surface area contributed by atoms with Crippen molar-refractivity contribution in [3.8, 4) is 22.8 Å². The molecule has 0 saturated heterocycles. The summed E-state index contributed by atoms with van der Waals surface area (Å²) in [6, 6.07) is 11.8. The zero-order valence-corrected chi connectivity index (χ0v) is 15.4. The minimum absolute atomic E-state index is 0.217. The van der Waals surface area contributed by atoms with Gasteiger partial charge in [-0.15, -0.1) is 10.2 Å². The number of carbonyl (C=O) groups excluding carboxylic acids is 1. The highest BCUT2D eigenvalue weighted by molar-refractivity contribution is 5.70. The van der Waals surface area contributed by atoms with Crippen molar-refractivity contribution < 1.29 is 4.79 Å². The molecule has 3 heterocycles. The molecule has 0 spiro atoms. The van der Waals surface area contributed by atoms with Crippen LogP contribution in [0.3, 0.4) is 0 Å². The van der Waals surface area contributed by atoms with Crippen molar-refractivity contribution in [3.05, 3.63) is 77.9 Å². The third-order valence-electron chi connectivity index (χ3n) is 5.13. The summed E-state index contributed by atoms with van der Waals surface area (Å²) in [5.41, 5.74) is 5.66. The maximum atomic E-state index is 11.8. The number of nitrogens with one attached hydrogen (secondary N) is 1. The Morgan fingerprint density at radius 1 is 1.17 bits per heavy atom. The van der Waals surface area contributed by atoms with E-state index in [1.165, 1.54) is 5.56 Å². The molecular weight excluding hydrogens is 366 g/mol. The van der Waals surface area contributed by atoms with E-state index in [9.17, 15) is 4.79 Å². The molecule has 5 rings (SSSR count). The van der Waals surface area contributed by atoms with Crippen LogP contribution in [-0.4, -0.2) is 41.4 Å². The van der Waals surface area contributed by atoms with E-state index in [0.717, 1.165) is 40.8 Å². The van der Waals surface area contributed by atoms with Crippen LogP contribution < -0.4 is 0 Å². The second-order valence-electron chi connectivity index (χ2n) is 6.89. The highest BCUT2D eigenvalue weighted by Gasteiger charge is 2.22. The monoisotopic (exact) mass is 383 g/mol. The quantitative estimate of drug-likeness (QED) is 0.420. The summed E-state index contributed by atoms with van der Waals surface area (Å²) in [6.07, 6.45) is 9.41. The predicted molar refractivity (Wildman–Crippen MR) is 106 cm³/mol. The average molecular weight is 383 g/mol. The van der Waals surface area contributed by atoms with Gasteiger partial charge in [0.2, 0.25) is 5.82 Å². The lowest BCUT2D eigenvalue weighted by Gasteiger charge is -2.23. The number of aldehydes is 1. The molecule has 142 valence electrons. The second-order valence-corrected chi connectivity index (χ2v) is 6.89. The molecule has 1 aromatic carbocycles. The van der Waals surface area contributed by atoms with Crippen LogP contribution >= 0.6 is 0 Å². The maximum absolute atomic E-state index is 11.8. The van der Waals surface area contributed by atoms with Gasteiger partial charge in [0.05, 0.1) is 17.9 Å². The van der Waals surface area contributed by atoms with Crippen molar-refractivity contribution in [2.75, 3.05) is 0 Å². The van der Waals surface area contributed by atoms with Gasteiger partial charge >= 0.3 is 0 Å². The van der Waals surface area contributed by atoms with Crippen molar-refractivity contribution in [1.29, 1.82) is 0 Å². The van der Waals surface area contributed by atoms with Gasteiger partial charge in [0.1, 0.15) is 12.0 Å². The first-order valence-corrected chi connectivity index (χ1v) is 9.26. The Morgan fingerprint density at radius 3 is 2.97 bits per heavy atom. The largest absolute Gasteiger partial charge is 0.333 e. The molecule has 1 N–H and O–H groups in total. The number of nitrogens with zero attached hydrogens (tertiary/aromatic N) is 6. The van der Waals surface area contributed by atoms with E-state index in [1.54, 1.807) is 12.5 Å². The minimum Gasteiger partial charge on any atom is -0.333 e. The van der Waals surface area contributed by atoms with Gasteiger partial charge in [0.25, 0.3) is 0 Å². The molecule has 1 atom stereocenters. The second kappa shape index (κ2) is 7.23. The van der Waals surface area contributed by atoms with Gasteiger partial charge in [-0.1, -0.05) is 30.3 Å². The topological polar surface area (TPSA) is 102 Å². The van der Waals surface area contributed by atoms with E-state index in [0.29, 0.717) is 12.4 Å². The minimum atomic E-state index is -0.217. The van der Waals surface area contributed by atoms with Gasteiger partial charge in [-0.25, -0.2) is 4.98 Å². The molecule has 1 aliphatic rings. The third-order valence-corrected chi connectivity index (χ3v) is 5.13. The molecule has 0 saturated carbocycles. The van der Waals surface area contributed by atoms with Crippen LogP contribution in [0.15, 0.2) is 66.8 Å². The molecule has 0 aliphatic heterocycles. The van der Waals surface area contributed by atoms with E-state index in [1.807, 2.05) is 41.1 Å². The summed E-state index contributed by atoms with van der Waals surface area (Å²) in [5, 5.41) is 14.0. The lowest BCUT2D eigenvalue weighted by atomic mass is 9.83. The summed E-state index contributed by atoms with van der Waals surface area (Å²) in [4.78, 5) is 20.7.